The van der Waals surface area contributed by atoms with Gasteiger partial charge in [-0.1, -0.05) is 0 Å². The van der Waals surface area contributed by atoms with Crippen LogP contribution in [-0.4, -0.2) is 22.5 Å². The van der Waals surface area contributed by atoms with Crippen LogP contribution in [0.1, 0.15) is 38.1 Å². The van der Waals surface area contributed by atoms with Gasteiger partial charge < -0.3 is 14.8 Å². The van der Waals surface area contributed by atoms with E-state index in [4.69, 9.17) is 0 Å². The molecule has 0 aliphatic rings. The van der Waals surface area contributed by atoms with Crippen LogP contribution >= 0.6 is 0 Å². The van der Waals surface area contributed by atoms with Crippen molar-refractivity contribution in [3.8, 4) is 0 Å². The van der Waals surface area contributed by atoms with E-state index in [0.717, 1.165) is 12.3 Å². The Labute approximate surface area is 110 Å². The van der Waals surface area contributed by atoms with Gasteiger partial charge in [0.25, 0.3) is 5.91 Å². The Hall–Kier alpha value is -2.11. The summed E-state index contributed by atoms with van der Waals surface area (Å²) < 4.78 is 4.59. The molecule has 0 radical (unpaired) electrons. The number of carbonyl (C=O) groups excluding carboxylic acids is 1. The van der Waals surface area contributed by atoms with Crippen molar-refractivity contribution in [2.45, 2.75) is 33.2 Å². The number of aliphatic carboxylic acids is 1. The number of rotatable bonds is 4. The van der Waals surface area contributed by atoms with Crippen molar-refractivity contribution in [1.29, 1.82) is 0 Å². The summed E-state index contributed by atoms with van der Waals surface area (Å²) in [5, 5.41) is 11.8. The smallest absolute Gasteiger partial charge is 0.335 e. The van der Waals surface area contributed by atoms with Crippen LogP contribution in [0.5, 0.6) is 0 Å². The summed E-state index contributed by atoms with van der Waals surface area (Å²) in [6.07, 6.45) is 1.04. The first-order chi connectivity index (χ1) is 8.58. The molecule has 0 saturated heterocycles. The number of carboxylic acid groups (broad SMARTS) is 1. The summed E-state index contributed by atoms with van der Waals surface area (Å²) >= 11 is 0. The van der Waals surface area contributed by atoms with E-state index in [1.165, 1.54) is 19.9 Å². The summed E-state index contributed by atoms with van der Waals surface area (Å²) in [5.41, 5.74) is -2.53. The van der Waals surface area contributed by atoms with Gasteiger partial charge in [0.2, 0.25) is 0 Å². The van der Waals surface area contributed by atoms with Crippen LogP contribution in [-0.2, 0) is 4.79 Å². The lowest BCUT2D eigenvalue weighted by Crippen LogP contribution is -2.56. The first kappa shape index (κ1) is 14.9. The lowest BCUT2D eigenvalue weighted by atomic mass is 9.74. The van der Waals surface area contributed by atoms with Crippen LogP contribution in [0.3, 0.4) is 0 Å². The number of carboxylic acids is 1. The SMILES string of the molecule is CC(C)(NC(=O)c1ccc(=O)oc1)C(C)(C)C(=O)O. The minimum Gasteiger partial charge on any atom is -0.481 e. The molecule has 1 aromatic rings. The van der Waals surface area contributed by atoms with Gasteiger partial charge in [0.1, 0.15) is 6.26 Å². The molecule has 0 saturated carbocycles. The standard InChI is InChI=1S/C13H17NO5/c1-12(2,11(17)18)13(3,4)14-10(16)8-5-6-9(15)19-7-8/h5-7H,1-4H3,(H,14,16)(H,17,18). The van der Waals surface area contributed by atoms with E-state index in [1.807, 2.05) is 0 Å². The van der Waals surface area contributed by atoms with Crippen LogP contribution in [0.15, 0.2) is 27.6 Å². The lowest BCUT2D eigenvalue weighted by molar-refractivity contribution is -0.150. The average molecular weight is 267 g/mol. The monoisotopic (exact) mass is 267 g/mol. The predicted octanol–water partition coefficient (Wildman–Crippen LogP) is 1.26. The third-order valence-corrected chi connectivity index (χ3v) is 3.49. The van der Waals surface area contributed by atoms with Crippen LogP contribution < -0.4 is 10.9 Å². The first-order valence-electron chi connectivity index (χ1n) is 5.73. The molecular formula is C13H17NO5. The Bertz CT molecular complexity index is 536. The van der Waals surface area contributed by atoms with Crippen LogP contribution in [0.4, 0.5) is 0 Å². The molecule has 104 valence electrons. The third kappa shape index (κ3) is 3.01. The van der Waals surface area contributed by atoms with E-state index < -0.39 is 28.5 Å². The van der Waals surface area contributed by atoms with Crippen LogP contribution in [0, 0.1) is 5.41 Å². The molecule has 0 aliphatic carbocycles. The van der Waals surface area contributed by atoms with E-state index in [9.17, 15) is 19.5 Å². The van der Waals surface area contributed by atoms with Gasteiger partial charge in [0.05, 0.1) is 16.5 Å². The fourth-order valence-electron chi connectivity index (χ4n) is 1.27. The summed E-state index contributed by atoms with van der Waals surface area (Å²) in [7, 11) is 0. The van der Waals surface area contributed by atoms with E-state index in [2.05, 4.69) is 9.73 Å². The molecule has 2 N–H and O–H groups in total. The Balaban J connectivity index is 2.95. The molecule has 6 heteroatoms. The fraction of sp³-hybridized carbons (Fsp3) is 0.462. The second kappa shape index (κ2) is 4.87. The molecule has 19 heavy (non-hydrogen) atoms. The highest BCUT2D eigenvalue weighted by Gasteiger charge is 2.44. The summed E-state index contributed by atoms with van der Waals surface area (Å²) in [6.45, 7) is 6.30. The molecule has 1 aromatic heterocycles. The van der Waals surface area contributed by atoms with Crippen molar-refractivity contribution < 1.29 is 19.1 Å². The number of hydrogen-bond acceptors (Lipinski definition) is 4. The topological polar surface area (TPSA) is 96.6 Å². The maximum absolute atomic E-state index is 12.0. The highest BCUT2D eigenvalue weighted by Crippen LogP contribution is 2.30. The number of hydrogen-bond donors (Lipinski definition) is 2. The van der Waals surface area contributed by atoms with E-state index in [0.29, 0.717) is 0 Å². The number of carbonyl (C=O) groups is 2. The first-order valence-corrected chi connectivity index (χ1v) is 5.73. The lowest BCUT2D eigenvalue weighted by Gasteiger charge is -2.38. The zero-order valence-corrected chi connectivity index (χ0v) is 11.3. The van der Waals surface area contributed by atoms with E-state index in [-0.39, 0.29) is 5.56 Å². The average Bonchev–Trinajstić information content (AvgIpc) is 2.28. The van der Waals surface area contributed by atoms with Crippen molar-refractivity contribution in [1.82, 2.24) is 5.32 Å². The molecule has 0 aliphatic heterocycles. The molecule has 1 heterocycles. The van der Waals surface area contributed by atoms with Crippen molar-refractivity contribution in [2.24, 2.45) is 5.41 Å². The zero-order valence-electron chi connectivity index (χ0n) is 11.3. The Morgan fingerprint density at radius 2 is 1.79 bits per heavy atom. The molecule has 0 unspecified atom stereocenters. The van der Waals surface area contributed by atoms with Gasteiger partial charge in [0.15, 0.2) is 0 Å². The van der Waals surface area contributed by atoms with Crippen LogP contribution in [0.25, 0.3) is 0 Å². The Morgan fingerprint density at radius 1 is 1.21 bits per heavy atom. The molecule has 0 bridgehead atoms. The summed E-state index contributed by atoms with van der Waals surface area (Å²) in [4.78, 5) is 34.0. The van der Waals surface area contributed by atoms with Crippen LogP contribution in [0.2, 0.25) is 0 Å². The number of nitrogens with one attached hydrogen (secondary N) is 1. The fourth-order valence-corrected chi connectivity index (χ4v) is 1.27. The molecule has 1 amide bonds. The maximum Gasteiger partial charge on any atom is 0.335 e. The minimum atomic E-state index is -1.15. The molecule has 0 spiro atoms. The summed E-state index contributed by atoms with van der Waals surface area (Å²) in [5.74, 6) is -1.51. The van der Waals surface area contributed by atoms with E-state index >= 15 is 0 Å². The van der Waals surface area contributed by atoms with Gasteiger partial charge in [-0.15, -0.1) is 0 Å². The van der Waals surface area contributed by atoms with Gasteiger partial charge >= 0.3 is 11.6 Å². The van der Waals surface area contributed by atoms with Crippen molar-refractivity contribution >= 4 is 11.9 Å². The van der Waals surface area contributed by atoms with E-state index in [1.54, 1.807) is 13.8 Å². The van der Waals surface area contributed by atoms with Crippen molar-refractivity contribution in [2.75, 3.05) is 0 Å². The Morgan fingerprint density at radius 3 is 2.21 bits per heavy atom. The van der Waals surface area contributed by atoms with Gasteiger partial charge in [0, 0.05) is 6.07 Å². The quantitative estimate of drug-likeness (QED) is 0.856. The molecule has 6 nitrogen and oxygen atoms in total. The molecule has 0 aromatic carbocycles. The zero-order chi connectivity index (χ0) is 14.8. The molecular weight excluding hydrogens is 250 g/mol. The van der Waals surface area contributed by atoms with Crippen molar-refractivity contribution in [3.63, 3.8) is 0 Å². The van der Waals surface area contributed by atoms with Gasteiger partial charge in [-0.25, -0.2) is 4.79 Å². The molecule has 1 rings (SSSR count). The molecule has 0 fully saturated rings. The highest BCUT2D eigenvalue weighted by atomic mass is 16.4. The summed E-state index contributed by atoms with van der Waals surface area (Å²) in [6, 6.07) is 2.45. The highest BCUT2D eigenvalue weighted by molar-refractivity contribution is 5.94. The largest absolute Gasteiger partial charge is 0.481 e. The number of amides is 1. The maximum atomic E-state index is 12.0. The van der Waals surface area contributed by atoms with Gasteiger partial charge in [-0.3, -0.25) is 9.59 Å². The Kier molecular flexibility index (Phi) is 3.83. The molecule has 0 atom stereocenters. The second-order valence-corrected chi connectivity index (χ2v) is 5.35. The predicted molar refractivity (Wildman–Crippen MR) is 67.9 cm³/mol. The third-order valence-electron chi connectivity index (χ3n) is 3.49. The second-order valence-electron chi connectivity index (χ2n) is 5.35. The van der Waals surface area contributed by atoms with Gasteiger partial charge in [-0.05, 0) is 33.8 Å². The minimum absolute atomic E-state index is 0.161. The normalized spacial score (nSPS) is 12.0. The van der Waals surface area contributed by atoms with Gasteiger partial charge in [-0.2, -0.15) is 0 Å². The van der Waals surface area contributed by atoms with Crippen molar-refractivity contribution in [3.05, 3.63) is 34.4 Å².